The van der Waals surface area contributed by atoms with Crippen molar-refractivity contribution in [3.05, 3.63) is 52.8 Å². The van der Waals surface area contributed by atoms with Gasteiger partial charge in [-0.15, -0.1) is 12.4 Å². The molecule has 0 aliphatic carbocycles. The number of nitrogens with one attached hydrogen (secondary N) is 2. The van der Waals surface area contributed by atoms with E-state index in [0.717, 1.165) is 43.0 Å². The zero-order valence-electron chi connectivity index (χ0n) is 14.6. The van der Waals surface area contributed by atoms with Gasteiger partial charge in [0.1, 0.15) is 0 Å². The molecule has 0 spiro atoms. The third kappa shape index (κ3) is 5.98. The molecule has 0 unspecified atom stereocenters. The predicted octanol–water partition coefficient (Wildman–Crippen LogP) is 2.70. The molecule has 6 heteroatoms. The quantitative estimate of drug-likeness (QED) is 0.720. The van der Waals surface area contributed by atoms with Crippen molar-refractivity contribution >= 4 is 18.3 Å². The standard InChI is InChI=1S/C18H26N4O.ClH/c1-4-9-19-10-11-20-18(23)17-7-5-16(6-8-17)13-22-15(3)12-14(2)21-22;/h5-8,12,19H,4,9-11,13H2,1-3H3,(H,20,23);1H. The van der Waals surface area contributed by atoms with Crippen molar-refractivity contribution in [3.63, 3.8) is 0 Å². The lowest BCUT2D eigenvalue weighted by molar-refractivity contribution is 0.0954. The number of halogens is 1. The Morgan fingerprint density at radius 1 is 1.12 bits per heavy atom. The van der Waals surface area contributed by atoms with E-state index >= 15 is 0 Å². The van der Waals surface area contributed by atoms with Crippen molar-refractivity contribution in [3.8, 4) is 0 Å². The van der Waals surface area contributed by atoms with E-state index in [1.54, 1.807) is 0 Å². The van der Waals surface area contributed by atoms with E-state index in [1.165, 1.54) is 0 Å². The maximum atomic E-state index is 12.0. The van der Waals surface area contributed by atoms with Gasteiger partial charge >= 0.3 is 0 Å². The van der Waals surface area contributed by atoms with E-state index in [1.807, 2.05) is 42.8 Å². The molecular weight excluding hydrogens is 324 g/mol. The van der Waals surface area contributed by atoms with Gasteiger partial charge in [-0.2, -0.15) is 5.10 Å². The molecule has 1 amide bonds. The van der Waals surface area contributed by atoms with Gasteiger partial charge < -0.3 is 10.6 Å². The Bertz CT molecular complexity index is 637. The molecule has 0 radical (unpaired) electrons. The molecule has 2 N–H and O–H groups in total. The first-order valence-electron chi connectivity index (χ1n) is 8.19. The second-order valence-electron chi connectivity index (χ2n) is 5.79. The number of carbonyl (C=O) groups excluding carboxylic acids is 1. The first-order chi connectivity index (χ1) is 11.1. The molecule has 0 aliphatic rings. The van der Waals surface area contributed by atoms with Crippen molar-refractivity contribution in [2.45, 2.75) is 33.7 Å². The van der Waals surface area contributed by atoms with Crippen LogP contribution < -0.4 is 10.6 Å². The van der Waals surface area contributed by atoms with Gasteiger partial charge in [-0.3, -0.25) is 9.48 Å². The number of hydrogen-bond acceptors (Lipinski definition) is 3. The van der Waals surface area contributed by atoms with E-state index in [9.17, 15) is 4.79 Å². The fraction of sp³-hybridized carbons (Fsp3) is 0.444. The summed E-state index contributed by atoms with van der Waals surface area (Å²) in [7, 11) is 0. The van der Waals surface area contributed by atoms with Crippen LogP contribution in [-0.2, 0) is 6.54 Å². The minimum Gasteiger partial charge on any atom is -0.351 e. The highest BCUT2D eigenvalue weighted by Crippen LogP contribution is 2.09. The Hall–Kier alpha value is -1.85. The van der Waals surface area contributed by atoms with Crippen LogP contribution in [0.15, 0.2) is 30.3 Å². The summed E-state index contributed by atoms with van der Waals surface area (Å²) < 4.78 is 1.98. The highest BCUT2D eigenvalue weighted by Gasteiger charge is 2.06. The average Bonchev–Trinajstić information content (AvgIpc) is 2.85. The van der Waals surface area contributed by atoms with Crippen molar-refractivity contribution in [2.24, 2.45) is 0 Å². The van der Waals surface area contributed by atoms with Gasteiger partial charge in [-0.25, -0.2) is 0 Å². The van der Waals surface area contributed by atoms with Crippen LogP contribution in [0.2, 0.25) is 0 Å². The Morgan fingerprint density at radius 2 is 1.83 bits per heavy atom. The van der Waals surface area contributed by atoms with Crippen LogP contribution in [0, 0.1) is 13.8 Å². The SMILES string of the molecule is CCCNCCNC(=O)c1ccc(Cn2nc(C)cc2C)cc1.Cl. The number of carbonyl (C=O) groups is 1. The molecule has 2 rings (SSSR count). The Balaban J connectivity index is 0.00000288. The second-order valence-corrected chi connectivity index (χ2v) is 5.79. The Kier molecular flexibility index (Phi) is 8.50. The summed E-state index contributed by atoms with van der Waals surface area (Å²) in [6, 6.07) is 9.78. The smallest absolute Gasteiger partial charge is 0.251 e. The monoisotopic (exact) mass is 350 g/mol. The van der Waals surface area contributed by atoms with Crippen LogP contribution in [0.25, 0.3) is 0 Å². The van der Waals surface area contributed by atoms with Crippen LogP contribution in [0.5, 0.6) is 0 Å². The van der Waals surface area contributed by atoms with Crippen LogP contribution >= 0.6 is 12.4 Å². The lowest BCUT2D eigenvalue weighted by Crippen LogP contribution is -2.32. The molecule has 0 bridgehead atoms. The molecule has 5 nitrogen and oxygen atoms in total. The maximum absolute atomic E-state index is 12.0. The number of benzene rings is 1. The lowest BCUT2D eigenvalue weighted by Gasteiger charge is -2.08. The molecule has 0 atom stereocenters. The third-order valence-electron chi connectivity index (χ3n) is 3.67. The Morgan fingerprint density at radius 3 is 2.42 bits per heavy atom. The molecule has 1 aromatic carbocycles. The van der Waals surface area contributed by atoms with Gasteiger partial charge in [0.2, 0.25) is 0 Å². The minimum absolute atomic E-state index is 0. The molecule has 0 fully saturated rings. The molecule has 0 saturated carbocycles. The van der Waals surface area contributed by atoms with Gasteiger partial charge in [0.25, 0.3) is 5.91 Å². The normalized spacial score (nSPS) is 10.3. The number of aromatic nitrogens is 2. The lowest BCUT2D eigenvalue weighted by atomic mass is 10.1. The fourth-order valence-electron chi connectivity index (χ4n) is 2.44. The van der Waals surface area contributed by atoms with E-state index in [2.05, 4.69) is 28.7 Å². The molecule has 132 valence electrons. The molecule has 2 aromatic rings. The third-order valence-corrected chi connectivity index (χ3v) is 3.67. The number of aryl methyl sites for hydroxylation is 2. The second kappa shape index (κ2) is 10.1. The van der Waals surface area contributed by atoms with Crippen molar-refractivity contribution in [2.75, 3.05) is 19.6 Å². The zero-order chi connectivity index (χ0) is 16.7. The first kappa shape index (κ1) is 20.2. The van der Waals surface area contributed by atoms with Gasteiger partial charge in [-0.05, 0) is 50.6 Å². The van der Waals surface area contributed by atoms with Gasteiger partial charge in [0.05, 0.1) is 12.2 Å². The minimum atomic E-state index is -0.0269. The molecule has 1 heterocycles. The maximum Gasteiger partial charge on any atom is 0.251 e. The summed E-state index contributed by atoms with van der Waals surface area (Å²) >= 11 is 0. The number of amides is 1. The van der Waals surface area contributed by atoms with E-state index < -0.39 is 0 Å². The van der Waals surface area contributed by atoms with Gasteiger partial charge in [0.15, 0.2) is 0 Å². The summed E-state index contributed by atoms with van der Waals surface area (Å²) in [5.41, 5.74) is 3.99. The summed E-state index contributed by atoms with van der Waals surface area (Å²) in [4.78, 5) is 12.0. The highest BCUT2D eigenvalue weighted by molar-refractivity contribution is 5.94. The van der Waals surface area contributed by atoms with Crippen LogP contribution in [-0.4, -0.2) is 35.3 Å². The highest BCUT2D eigenvalue weighted by atomic mass is 35.5. The molecule has 1 aromatic heterocycles. The molecule has 0 aliphatic heterocycles. The van der Waals surface area contributed by atoms with E-state index in [-0.39, 0.29) is 18.3 Å². The van der Waals surface area contributed by atoms with E-state index in [4.69, 9.17) is 0 Å². The average molecular weight is 351 g/mol. The van der Waals surface area contributed by atoms with Gasteiger partial charge in [0, 0.05) is 24.3 Å². The summed E-state index contributed by atoms with van der Waals surface area (Å²) in [5.74, 6) is -0.0269. The number of nitrogens with zero attached hydrogens (tertiary/aromatic N) is 2. The number of rotatable bonds is 8. The zero-order valence-corrected chi connectivity index (χ0v) is 15.4. The van der Waals surface area contributed by atoms with Crippen molar-refractivity contribution in [1.29, 1.82) is 0 Å². The van der Waals surface area contributed by atoms with Crippen LogP contribution in [0.1, 0.15) is 40.7 Å². The van der Waals surface area contributed by atoms with Crippen molar-refractivity contribution < 1.29 is 4.79 Å². The topological polar surface area (TPSA) is 58.9 Å². The Labute approximate surface area is 150 Å². The van der Waals surface area contributed by atoms with Crippen molar-refractivity contribution in [1.82, 2.24) is 20.4 Å². The van der Waals surface area contributed by atoms with Crippen LogP contribution in [0.4, 0.5) is 0 Å². The molecule has 24 heavy (non-hydrogen) atoms. The van der Waals surface area contributed by atoms with Crippen LogP contribution in [0.3, 0.4) is 0 Å². The molecular formula is C18H27ClN4O. The van der Waals surface area contributed by atoms with Gasteiger partial charge in [-0.1, -0.05) is 19.1 Å². The molecule has 0 saturated heterocycles. The fourth-order valence-corrected chi connectivity index (χ4v) is 2.44. The summed E-state index contributed by atoms with van der Waals surface area (Å²) in [6.07, 6.45) is 1.10. The summed E-state index contributed by atoms with van der Waals surface area (Å²) in [5, 5.41) is 10.6. The summed E-state index contributed by atoms with van der Waals surface area (Å²) in [6.45, 7) is 9.32. The van der Waals surface area contributed by atoms with E-state index in [0.29, 0.717) is 12.1 Å². The first-order valence-corrected chi connectivity index (χ1v) is 8.19. The predicted molar refractivity (Wildman–Crippen MR) is 100.0 cm³/mol. The number of hydrogen-bond donors (Lipinski definition) is 2. The largest absolute Gasteiger partial charge is 0.351 e.